The van der Waals surface area contributed by atoms with E-state index in [1.165, 1.54) is 19.3 Å². The van der Waals surface area contributed by atoms with E-state index < -0.39 is 17.8 Å². The second-order valence-electron chi connectivity index (χ2n) is 3.61. The van der Waals surface area contributed by atoms with E-state index in [4.69, 9.17) is 0 Å². The van der Waals surface area contributed by atoms with Crippen molar-refractivity contribution in [1.82, 2.24) is 19.7 Å². The lowest BCUT2D eigenvalue weighted by Gasteiger charge is -2.08. The lowest BCUT2D eigenvalue weighted by Crippen LogP contribution is -2.08. The Morgan fingerprint density at radius 2 is 1.94 bits per heavy atom. The summed E-state index contributed by atoms with van der Waals surface area (Å²) in [4.78, 5) is 7.75. The quantitative estimate of drug-likeness (QED) is 0.891. The molecule has 0 radical (unpaired) electrons. The van der Waals surface area contributed by atoms with Crippen LogP contribution in [-0.2, 0) is 6.18 Å². The molecule has 0 fully saturated rings. The van der Waals surface area contributed by atoms with Gasteiger partial charge in [-0.3, -0.25) is 4.98 Å². The first-order chi connectivity index (χ1) is 8.39. The summed E-state index contributed by atoms with van der Waals surface area (Å²) in [6.07, 6.45) is -1.26. The summed E-state index contributed by atoms with van der Waals surface area (Å²) in [5.74, 6) is 0.0722. The third-order valence-electron chi connectivity index (χ3n) is 2.23. The Bertz CT molecular complexity index is 550. The van der Waals surface area contributed by atoms with Crippen molar-refractivity contribution < 1.29 is 18.3 Å². The first-order valence-electron chi connectivity index (χ1n) is 5.01. The van der Waals surface area contributed by atoms with Crippen LogP contribution in [0.25, 0.3) is 5.82 Å². The third-order valence-corrected chi connectivity index (χ3v) is 2.23. The van der Waals surface area contributed by atoms with Gasteiger partial charge in [0.1, 0.15) is 5.69 Å². The van der Waals surface area contributed by atoms with Gasteiger partial charge in [0.2, 0.25) is 0 Å². The summed E-state index contributed by atoms with van der Waals surface area (Å²) < 4.78 is 38.3. The van der Waals surface area contributed by atoms with E-state index in [9.17, 15) is 18.3 Å². The third kappa shape index (κ3) is 2.33. The summed E-state index contributed by atoms with van der Waals surface area (Å²) >= 11 is 0. The van der Waals surface area contributed by atoms with Gasteiger partial charge in [-0.1, -0.05) is 0 Å². The molecular formula is C10H9F3N4O. The molecule has 2 aromatic heterocycles. The Balaban J connectivity index is 2.47. The van der Waals surface area contributed by atoms with E-state index in [2.05, 4.69) is 15.1 Å². The van der Waals surface area contributed by atoms with Crippen LogP contribution in [0.5, 0.6) is 0 Å². The van der Waals surface area contributed by atoms with Crippen LogP contribution in [-0.4, -0.2) is 24.9 Å². The van der Waals surface area contributed by atoms with E-state index in [1.807, 2.05) is 0 Å². The van der Waals surface area contributed by atoms with Gasteiger partial charge in [0, 0.05) is 18.6 Å². The minimum atomic E-state index is -4.47. The molecule has 2 aromatic rings. The van der Waals surface area contributed by atoms with Crippen molar-refractivity contribution in [1.29, 1.82) is 0 Å². The van der Waals surface area contributed by atoms with E-state index in [0.717, 1.165) is 10.9 Å². The topological polar surface area (TPSA) is 63.8 Å². The van der Waals surface area contributed by atoms with E-state index in [1.54, 1.807) is 0 Å². The van der Waals surface area contributed by atoms with Gasteiger partial charge < -0.3 is 5.11 Å². The fraction of sp³-hybridized carbons (Fsp3) is 0.300. The van der Waals surface area contributed by atoms with Crippen molar-refractivity contribution in [3.05, 3.63) is 36.0 Å². The Hall–Kier alpha value is -1.96. The predicted octanol–water partition coefficient (Wildman–Crippen LogP) is 1.73. The summed E-state index contributed by atoms with van der Waals surface area (Å²) in [5.41, 5.74) is -0.723. The number of hydrogen-bond acceptors (Lipinski definition) is 4. The number of halogens is 3. The normalized spacial score (nSPS) is 13.6. The largest absolute Gasteiger partial charge is 0.419 e. The Morgan fingerprint density at radius 1 is 1.28 bits per heavy atom. The molecule has 0 aliphatic heterocycles. The highest BCUT2D eigenvalue weighted by atomic mass is 19.4. The number of aromatic nitrogens is 4. The van der Waals surface area contributed by atoms with E-state index in [-0.39, 0.29) is 11.5 Å². The van der Waals surface area contributed by atoms with Crippen LogP contribution in [0.2, 0.25) is 0 Å². The van der Waals surface area contributed by atoms with Gasteiger partial charge in [0.15, 0.2) is 5.82 Å². The van der Waals surface area contributed by atoms with Crippen molar-refractivity contribution in [3.8, 4) is 5.82 Å². The van der Waals surface area contributed by atoms with Crippen molar-refractivity contribution in [2.45, 2.75) is 19.2 Å². The highest BCUT2D eigenvalue weighted by Gasteiger charge is 2.32. The molecule has 2 rings (SSSR count). The number of alkyl halides is 3. The second-order valence-corrected chi connectivity index (χ2v) is 3.61. The van der Waals surface area contributed by atoms with Crippen LogP contribution < -0.4 is 0 Å². The van der Waals surface area contributed by atoms with Crippen LogP contribution >= 0.6 is 0 Å². The van der Waals surface area contributed by atoms with Gasteiger partial charge in [0.25, 0.3) is 0 Å². The zero-order valence-electron chi connectivity index (χ0n) is 9.26. The summed E-state index contributed by atoms with van der Waals surface area (Å²) in [6.45, 7) is 1.45. The molecule has 0 spiro atoms. The van der Waals surface area contributed by atoms with Gasteiger partial charge in [0.05, 0.1) is 17.9 Å². The Kier molecular flexibility index (Phi) is 3.04. The highest BCUT2D eigenvalue weighted by molar-refractivity contribution is 5.29. The molecule has 0 saturated heterocycles. The van der Waals surface area contributed by atoms with E-state index in [0.29, 0.717) is 6.20 Å². The summed E-state index contributed by atoms with van der Waals surface area (Å²) in [5, 5.41) is 13.0. The van der Waals surface area contributed by atoms with Gasteiger partial charge in [-0.25, -0.2) is 9.67 Å². The van der Waals surface area contributed by atoms with Gasteiger partial charge >= 0.3 is 6.18 Å². The standard InChI is InChI=1S/C10H9F3N4O/c1-6(18)8-9(15-3-2-14-8)17-5-7(4-16-17)10(11,12)13/h2-6,18H,1H3. The van der Waals surface area contributed by atoms with Gasteiger partial charge in [-0.15, -0.1) is 0 Å². The van der Waals surface area contributed by atoms with Gasteiger partial charge in [-0.2, -0.15) is 18.3 Å². The molecule has 96 valence electrons. The monoisotopic (exact) mass is 258 g/mol. The van der Waals surface area contributed by atoms with Crippen LogP contribution in [0.15, 0.2) is 24.8 Å². The highest BCUT2D eigenvalue weighted by Crippen LogP contribution is 2.29. The molecule has 0 aliphatic rings. The number of rotatable bonds is 2. The molecule has 0 amide bonds. The lowest BCUT2D eigenvalue weighted by molar-refractivity contribution is -0.137. The van der Waals surface area contributed by atoms with Crippen molar-refractivity contribution in [2.24, 2.45) is 0 Å². The SMILES string of the molecule is CC(O)c1nccnc1-n1cc(C(F)(F)F)cn1. The smallest absolute Gasteiger partial charge is 0.387 e. The van der Waals surface area contributed by atoms with E-state index >= 15 is 0 Å². The lowest BCUT2D eigenvalue weighted by atomic mass is 10.3. The zero-order chi connectivity index (χ0) is 13.3. The van der Waals surface area contributed by atoms with Crippen LogP contribution in [0.1, 0.15) is 24.3 Å². The molecule has 0 aromatic carbocycles. The average Bonchev–Trinajstić information content (AvgIpc) is 2.77. The number of nitrogens with zero attached hydrogens (tertiary/aromatic N) is 4. The van der Waals surface area contributed by atoms with Crippen molar-refractivity contribution in [2.75, 3.05) is 0 Å². The molecule has 0 saturated carbocycles. The first-order valence-corrected chi connectivity index (χ1v) is 5.01. The molecule has 0 aliphatic carbocycles. The summed E-state index contributed by atoms with van der Waals surface area (Å²) in [7, 11) is 0. The minimum Gasteiger partial charge on any atom is -0.387 e. The molecule has 8 heteroatoms. The Labute approximate surface area is 99.9 Å². The molecule has 5 nitrogen and oxygen atoms in total. The fourth-order valence-electron chi connectivity index (χ4n) is 1.40. The molecule has 1 atom stereocenters. The predicted molar refractivity (Wildman–Crippen MR) is 54.8 cm³/mol. The van der Waals surface area contributed by atoms with Crippen LogP contribution in [0, 0.1) is 0 Å². The average molecular weight is 258 g/mol. The maximum Gasteiger partial charge on any atom is 0.419 e. The van der Waals surface area contributed by atoms with Crippen LogP contribution in [0.4, 0.5) is 13.2 Å². The number of aliphatic hydroxyl groups is 1. The summed E-state index contributed by atoms with van der Waals surface area (Å²) in [6, 6.07) is 0. The molecule has 18 heavy (non-hydrogen) atoms. The minimum absolute atomic E-state index is 0.0722. The number of aliphatic hydroxyl groups excluding tert-OH is 1. The first kappa shape index (κ1) is 12.5. The van der Waals surface area contributed by atoms with Crippen molar-refractivity contribution >= 4 is 0 Å². The fourth-order valence-corrected chi connectivity index (χ4v) is 1.40. The van der Waals surface area contributed by atoms with Gasteiger partial charge in [-0.05, 0) is 6.92 Å². The van der Waals surface area contributed by atoms with Crippen molar-refractivity contribution in [3.63, 3.8) is 0 Å². The second kappa shape index (κ2) is 4.37. The molecular weight excluding hydrogens is 249 g/mol. The van der Waals surface area contributed by atoms with Crippen LogP contribution in [0.3, 0.4) is 0 Å². The number of hydrogen-bond donors (Lipinski definition) is 1. The Morgan fingerprint density at radius 3 is 2.50 bits per heavy atom. The zero-order valence-corrected chi connectivity index (χ0v) is 9.26. The molecule has 1 N–H and O–H groups in total. The molecule has 0 bridgehead atoms. The maximum atomic E-state index is 12.4. The molecule has 1 unspecified atom stereocenters. The molecule has 2 heterocycles. The maximum absolute atomic E-state index is 12.4.